The first-order chi connectivity index (χ1) is 63.9. The maximum atomic E-state index is 15.8. The van der Waals surface area contributed by atoms with Crippen LogP contribution in [0.3, 0.4) is 0 Å². The lowest BCUT2D eigenvalue weighted by molar-refractivity contribution is -0.146. The molecule has 1 aromatic carbocycles. The van der Waals surface area contributed by atoms with Crippen LogP contribution in [-0.4, -0.2) is 297 Å². The standard InChI is InChI=1S/C85H142N28O20S2/c1-44(2)25-30-55-71(123)108-60(41-114)75(127)105-58(39-49-26-28-50(116)29-27-49)74(126)107-59(40-65(117)118)80(132)112-35-16-24-64(112)78(130)111-66(46(5)6)79(131)109-61(76(128)102-53(21-13-33-97-84(91)92)69(121)100-51(67(86)119)19-11-31-95-82(87)88)42-134-135-43-62(110-70(122)54(22-14-34-98-85(93)94)101-68(120)52(99-47(7)115)20-12-32-96-83(89)90)81(133)113-36-15-23-63(113)77(129)106-56(37-45(3)4)72(124)104-57(73(125)103-55)38-48-17-9-8-10-18-48/h26-29,44-46,48,51-64,66,114,116H,8-25,30-43H2,1-7H3,(H2,86,119)(H,99,115)(H,100,121)(H,101,120)(H,102,128)(H,103,125)(H,104,124)(H,105,127)(H,106,129)(H,107,126)(H,108,123)(H,109,131)(H,110,122)(H,111,130)(H,117,118)(H4,87,88,95)(H4,89,90,96)(H4,91,92,97)(H4,93,94,98)/t51-,52-,53-,54-,55-,56-,57-,58-,59-,60-,61-,62-,63-,64-,66-/m0/s1. The number of carbonyl (C=O) groups excluding carboxylic acids is 16. The van der Waals surface area contributed by atoms with E-state index < -0.39 is 240 Å². The molecule has 4 fully saturated rings. The number of phenols is 1. The Kier molecular flexibility index (Phi) is 48.8. The number of nitrogens with one attached hydrogen (secondary N) is 21. The van der Waals surface area contributed by atoms with Crippen LogP contribution in [0.1, 0.15) is 195 Å². The van der Waals surface area contributed by atoms with Gasteiger partial charge >= 0.3 is 5.97 Å². The number of rotatable bonds is 39. The molecule has 5 rings (SSSR count). The summed E-state index contributed by atoms with van der Waals surface area (Å²) in [6.45, 7) is 10.1. The van der Waals surface area contributed by atoms with E-state index in [9.17, 15) is 58.5 Å². The maximum Gasteiger partial charge on any atom is 0.305 e. The molecule has 0 unspecified atom stereocenters. The zero-order valence-corrected chi connectivity index (χ0v) is 79.4. The predicted octanol–water partition coefficient (Wildman–Crippen LogP) is -5.25. The van der Waals surface area contributed by atoms with Crippen molar-refractivity contribution in [2.24, 2.45) is 52.3 Å². The molecule has 1 saturated carbocycles. The number of aromatic hydroxyl groups is 1. The van der Waals surface area contributed by atoms with E-state index >= 15 is 38.4 Å². The molecular weight excluding hydrogens is 1800 g/mol. The molecular formula is C85H142N28O20S2. The highest BCUT2D eigenvalue weighted by Crippen LogP contribution is 2.30. The molecule has 3 saturated heterocycles. The van der Waals surface area contributed by atoms with Gasteiger partial charge in [0.2, 0.25) is 94.5 Å². The van der Waals surface area contributed by atoms with Crippen molar-refractivity contribution in [3.63, 3.8) is 0 Å². The monoisotopic (exact) mass is 1940 g/mol. The molecule has 1 aromatic rings. The molecule has 50 heteroatoms. The first-order valence-corrected chi connectivity index (χ1v) is 48.3. The Bertz CT molecular complexity index is 4260. The number of carboxylic acid groups (broad SMARTS) is 1. The second-order valence-electron chi connectivity index (χ2n) is 35.4. The van der Waals surface area contributed by atoms with Crippen molar-refractivity contribution in [1.29, 1.82) is 21.6 Å². The Morgan fingerprint density at radius 2 is 0.919 bits per heavy atom. The Balaban J connectivity index is 1.75. The number of aliphatic hydroxyl groups is 1. The van der Waals surface area contributed by atoms with Gasteiger partial charge in [-0.15, -0.1) is 0 Å². The maximum absolute atomic E-state index is 15.8. The number of benzene rings is 1. The lowest BCUT2D eigenvalue weighted by Crippen LogP contribution is -2.62. The van der Waals surface area contributed by atoms with Crippen LogP contribution < -0.4 is 119 Å². The third-order valence-electron chi connectivity index (χ3n) is 23.0. The number of nitrogens with two attached hydrogens (primary N) is 5. The smallest absolute Gasteiger partial charge is 0.305 e. The first kappa shape index (κ1) is 113. The summed E-state index contributed by atoms with van der Waals surface area (Å²) in [6.07, 6.45) is 2.36. The van der Waals surface area contributed by atoms with E-state index in [0.717, 1.165) is 52.7 Å². The first-order valence-electron chi connectivity index (χ1n) is 45.8. The number of guanidine groups is 4. The molecule has 48 nitrogen and oxygen atoms in total. The van der Waals surface area contributed by atoms with Crippen molar-refractivity contribution < 1.29 is 96.8 Å². The van der Waals surface area contributed by atoms with Crippen LogP contribution >= 0.6 is 21.6 Å². The molecule has 4 aliphatic rings. The van der Waals surface area contributed by atoms with E-state index in [1.807, 2.05) is 13.8 Å². The molecule has 34 N–H and O–H groups in total. The highest BCUT2D eigenvalue weighted by atomic mass is 33.1. The van der Waals surface area contributed by atoms with E-state index in [2.05, 4.69) is 90.4 Å². The molecule has 754 valence electrons. The summed E-state index contributed by atoms with van der Waals surface area (Å²) in [6, 6.07) is -18.4. The second kappa shape index (κ2) is 58.1. The van der Waals surface area contributed by atoms with Crippen molar-refractivity contribution in [2.45, 2.75) is 287 Å². The van der Waals surface area contributed by atoms with Crippen molar-refractivity contribution >= 4 is 146 Å². The lowest BCUT2D eigenvalue weighted by Gasteiger charge is -2.32. The van der Waals surface area contributed by atoms with Gasteiger partial charge in [-0.25, -0.2) is 0 Å². The van der Waals surface area contributed by atoms with Gasteiger partial charge in [-0.2, -0.15) is 0 Å². The van der Waals surface area contributed by atoms with E-state index in [-0.39, 0.29) is 177 Å². The molecule has 0 radical (unpaired) electrons. The van der Waals surface area contributed by atoms with Crippen LogP contribution in [0, 0.1) is 45.3 Å². The van der Waals surface area contributed by atoms with Gasteiger partial charge in [-0.3, -0.25) is 103 Å². The molecule has 1 aliphatic carbocycles. The minimum absolute atomic E-state index is 0.00662. The molecule has 15 atom stereocenters. The van der Waals surface area contributed by atoms with Gasteiger partial charge in [0.05, 0.1) is 13.0 Å². The van der Waals surface area contributed by atoms with Gasteiger partial charge in [-0.05, 0) is 144 Å². The van der Waals surface area contributed by atoms with E-state index in [4.69, 9.17) is 50.3 Å². The van der Waals surface area contributed by atoms with Gasteiger partial charge in [0, 0.05) is 64.1 Å². The minimum Gasteiger partial charge on any atom is -0.508 e. The van der Waals surface area contributed by atoms with Gasteiger partial charge < -0.3 is 144 Å². The molecule has 0 bridgehead atoms. The third kappa shape index (κ3) is 40.5. The van der Waals surface area contributed by atoms with Crippen molar-refractivity contribution in [3.05, 3.63) is 29.8 Å². The normalized spacial score (nSPS) is 23.0. The molecule has 0 spiro atoms. The molecule has 16 amide bonds. The number of fused-ring (bicyclic) bond motifs is 2. The number of hydrogen-bond donors (Lipinski definition) is 29. The average Bonchev–Trinajstić information content (AvgIpc) is 1.69. The van der Waals surface area contributed by atoms with Crippen LogP contribution in [0.2, 0.25) is 0 Å². The highest BCUT2D eigenvalue weighted by Gasteiger charge is 2.45. The molecule has 0 aromatic heterocycles. The van der Waals surface area contributed by atoms with Crippen molar-refractivity contribution in [3.8, 4) is 5.75 Å². The number of aliphatic carboxylic acids is 1. The zero-order valence-electron chi connectivity index (χ0n) is 77.8. The van der Waals surface area contributed by atoms with Crippen LogP contribution in [0.4, 0.5) is 0 Å². The zero-order chi connectivity index (χ0) is 100. The van der Waals surface area contributed by atoms with E-state index in [0.29, 0.717) is 19.3 Å². The second-order valence-corrected chi connectivity index (χ2v) is 38.0. The number of phenolic OH excluding ortho intramolecular Hbond substituents is 1. The molecule has 3 heterocycles. The fraction of sp³-hybridized carbons (Fsp3) is 0.682. The topological polar surface area (TPSA) is 787 Å². The number of nitrogens with zero attached hydrogens (tertiary/aromatic N) is 2. The number of primary amides is 1. The number of carboxylic acids is 1. The van der Waals surface area contributed by atoms with Crippen LogP contribution in [0.5, 0.6) is 5.75 Å². The summed E-state index contributed by atoms with van der Waals surface area (Å²) < 4.78 is 0. The summed E-state index contributed by atoms with van der Waals surface area (Å²) >= 11 is 0. The van der Waals surface area contributed by atoms with Crippen molar-refractivity contribution in [1.82, 2.24) is 100 Å². The lowest BCUT2D eigenvalue weighted by atomic mass is 9.84. The Labute approximate surface area is 792 Å². The van der Waals surface area contributed by atoms with Crippen molar-refractivity contribution in [2.75, 3.05) is 57.4 Å². The summed E-state index contributed by atoms with van der Waals surface area (Å²) in [7, 11) is 1.64. The van der Waals surface area contributed by atoms with E-state index in [1.165, 1.54) is 43.0 Å². The largest absolute Gasteiger partial charge is 0.508 e. The van der Waals surface area contributed by atoms with Gasteiger partial charge in [0.1, 0.15) is 96.4 Å². The summed E-state index contributed by atoms with van der Waals surface area (Å²) in [5, 5.41) is 107. The fourth-order valence-electron chi connectivity index (χ4n) is 15.9. The van der Waals surface area contributed by atoms with E-state index in [1.54, 1.807) is 13.8 Å². The number of aliphatic hydroxyl groups excluding tert-OH is 1. The molecule has 135 heavy (non-hydrogen) atoms. The number of amides is 16. The van der Waals surface area contributed by atoms with Crippen LogP contribution in [0.25, 0.3) is 0 Å². The highest BCUT2D eigenvalue weighted by molar-refractivity contribution is 8.76. The Hall–Kier alpha value is -12.3. The average molecular weight is 1940 g/mol. The van der Waals surface area contributed by atoms with Crippen LogP contribution in [0.15, 0.2) is 24.3 Å². The minimum atomic E-state index is -2.00. The summed E-state index contributed by atoms with van der Waals surface area (Å²) in [4.78, 5) is 251. The molecule has 3 aliphatic heterocycles. The third-order valence-corrected chi connectivity index (χ3v) is 25.5. The number of carbonyl (C=O) groups is 17. The summed E-state index contributed by atoms with van der Waals surface area (Å²) in [5.74, 6) is -21.4. The predicted molar refractivity (Wildman–Crippen MR) is 502 cm³/mol. The quantitative estimate of drug-likeness (QED) is 0.0127. The fourth-order valence-corrected chi connectivity index (χ4v) is 18.2. The Morgan fingerprint density at radius 3 is 1.42 bits per heavy atom. The van der Waals surface area contributed by atoms with Crippen LogP contribution in [-0.2, 0) is 87.9 Å². The Morgan fingerprint density at radius 1 is 0.474 bits per heavy atom. The SMILES string of the molecule is CC(=O)N[C@@H](CCCNC(=N)N)C(=O)N[C@@H](CCCNC(=N)N)C(=O)N[C@H]1CSSC[C@@H](C(=O)N[C@@H](CCCNC(=N)N)C(=O)N[C@@H](CCCNC(=N)N)C(N)=O)NC(=O)[C@H](C(C)C)NC(=O)[C@@H]2CCCN2C(=O)[C@H](CC(=O)O)NC(=O)[C@H](Cc2ccc(O)cc2)NC(=O)[C@H](CO)NC(=O)[C@H](CCC(C)C)NC(=O)[C@H](CC2CCCCC2)NC(=O)[C@H](CC(C)C)NC(=O)[C@@H]2CCCN2C1=O. The van der Waals surface area contributed by atoms with Gasteiger partial charge in [0.15, 0.2) is 23.8 Å². The number of hydrogen-bond acceptors (Lipinski definition) is 25. The van der Waals surface area contributed by atoms with Gasteiger partial charge in [0.25, 0.3) is 0 Å². The summed E-state index contributed by atoms with van der Waals surface area (Å²) in [5.41, 5.74) is 28.2. The van der Waals surface area contributed by atoms with Gasteiger partial charge in [-0.1, -0.05) is 107 Å².